The zero-order chi connectivity index (χ0) is 4.62. The van der Waals surface area contributed by atoms with E-state index in [1.54, 1.807) is 0 Å². The first-order valence-electron chi connectivity index (χ1n) is 2.23. The van der Waals surface area contributed by atoms with Crippen molar-refractivity contribution in [1.29, 1.82) is 0 Å². The molecule has 1 fully saturated rings. The van der Waals surface area contributed by atoms with E-state index in [4.69, 9.17) is 0 Å². The maximum absolute atomic E-state index is 4.07. The van der Waals surface area contributed by atoms with Crippen molar-refractivity contribution >= 4 is 0 Å². The Morgan fingerprint density at radius 2 is 2.00 bits per heavy atom. The maximum Gasteiger partial charge on any atom is 0.119 e. The Kier molecular flexibility index (Phi) is 0.648. The van der Waals surface area contributed by atoms with Crippen LogP contribution in [0.15, 0.2) is 0 Å². The van der Waals surface area contributed by atoms with Gasteiger partial charge >= 0.3 is 0 Å². The Labute approximate surface area is 38.3 Å². The van der Waals surface area contributed by atoms with Crippen LogP contribution in [0.25, 0.3) is 5.43 Å². The normalized spacial score (nSPS) is 27.0. The summed E-state index contributed by atoms with van der Waals surface area (Å²) in [7, 11) is 3.99. The largest absolute Gasteiger partial charge is 0.456 e. The number of hydrogen-bond acceptors (Lipinski definition) is 0. The molecule has 0 amide bonds. The molecule has 1 saturated heterocycles. The van der Waals surface area contributed by atoms with Gasteiger partial charge in [0.2, 0.25) is 0 Å². The van der Waals surface area contributed by atoms with Crippen LogP contribution in [0.4, 0.5) is 0 Å². The van der Waals surface area contributed by atoms with E-state index in [1.807, 2.05) is 7.05 Å². The number of hydrogen-bond donors (Lipinski definition) is 0. The molecule has 1 rings (SSSR count). The lowest BCUT2D eigenvalue weighted by Crippen LogP contribution is -2.10. The van der Waals surface area contributed by atoms with E-state index in [9.17, 15) is 0 Å². The summed E-state index contributed by atoms with van der Waals surface area (Å²) in [5.41, 5.74) is 4.07. The summed E-state index contributed by atoms with van der Waals surface area (Å²) in [6, 6.07) is 0. The van der Waals surface area contributed by atoms with Gasteiger partial charge in [-0.1, -0.05) is 0 Å². The molecule has 1 aliphatic heterocycles. The lowest BCUT2D eigenvalue weighted by atomic mass is 11.0. The smallest absolute Gasteiger partial charge is 0.119 e. The number of nitrogens with zero attached hydrogens (tertiary/aromatic N) is 2. The van der Waals surface area contributed by atoms with Crippen molar-refractivity contribution < 1.29 is 4.59 Å². The highest BCUT2D eigenvalue weighted by Gasteiger charge is 2.26. The van der Waals surface area contributed by atoms with E-state index in [0.717, 1.165) is 4.59 Å². The highest BCUT2D eigenvalue weighted by molar-refractivity contribution is 4.60. The summed E-state index contributed by atoms with van der Waals surface area (Å²) >= 11 is 0. The Hall–Kier alpha value is -0.0800. The number of rotatable bonds is 1. The first kappa shape index (κ1) is 4.09. The average Bonchev–Trinajstić information content (AvgIpc) is 2.22. The minimum atomic E-state index is 0.944. The van der Waals surface area contributed by atoms with Gasteiger partial charge in [0.1, 0.15) is 13.1 Å². The van der Waals surface area contributed by atoms with Gasteiger partial charge in [-0.25, -0.2) is 0 Å². The van der Waals surface area contributed by atoms with Crippen LogP contribution in [0.1, 0.15) is 0 Å². The Morgan fingerprint density at radius 1 is 1.50 bits per heavy atom. The molecule has 0 saturated carbocycles. The van der Waals surface area contributed by atoms with E-state index >= 15 is 0 Å². The molecule has 0 spiro atoms. The van der Waals surface area contributed by atoms with Gasteiger partial charge in [-0.05, 0) is 0 Å². The van der Waals surface area contributed by atoms with Gasteiger partial charge in [0.15, 0.2) is 0 Å². The molecule has 36 valence electrons. The van der Waals surface area contributed by atoms with Gasteiger partial charge in [-0.3, -0.25) is 0 Å². The van der Waals surface area contributed by atoms with Crippen LogP contribution in [0, 0.1) is 0 Å². The predicted octanol–water partition coefficient (Wildman–Crippen LogP) is 0.365. The molecule has 0 aliphatic carbocycles. The lowest BCUT2D eigenvalue weighted by molar-refractivity contribution is -0.734. The molecule has 2 nitrogen and oxygen atoms in total. The van der Waals surface area contributed by atoms with Gasteiger partial charge in [0, 0.05) is 0 Å². The summed E-state index contributed by atoms with van der Waals surface area (Å²) in [6.07, 6.45) is 0. The molecule has 1 heterocycles. The highest BCUT2D eigenvalue weighted by Crippen LogP contribution is 2.19. The van der Waals surface area contributed by atoms with E-state index in [-0.39, 0.29) is 0 Å². The van der Waals surface area contributed by atoms with Gasteiger partial charge < -0.3 is 10.0 Å². The summed E-state index contributed by atoms with van der Waals surface area (Å²) < 4.78 is 0.944. The zero-order valence-corrected chi connectivity index (χ0v) is 4.31. The van der Waals surface area contributed by atoms with Gasteiger partial charge in [-0.2, -0.15) is 0 Å². The Morgan fingerprint density at radius 3 is 2.00 bits per heavy atom. The molecule has 6 heavy (non-hydrogen) atoms. The van der Waals surface area contributed by atoms with Gasteiger partial charge in [0.05, 0.1) is 7.05 Å². The second-order valence-corrected chi connectivity index (χ2v) is 1.99. The van der Waals surface area contributed by atoms with Crippen molar-refractivity contribution in [2.75, 3.05) is 27.2 Å². The number of likely N-dealkylation sites (N-methyl/N-ethyl adjacent to an activating group) is 1. The van der Waals surface area contributed by atoms with Gasteiger partial charge in [0.25, 0.3) is 0 Å². The number of quaternary nitrogens is 1. The fraction of sp³-hybridized carbons (Fsp3) is 1.00. The van der Waals surface area contributed by atoms with Crippen molar-refractivity contribution in [2.45, 2.75) is 0 Å². The monoisotopic (exact) mass is 86.1 g/mol. The maximum atomic E-state index is 4.07. The van der Waals surface area contributed by atoms with Crippen LogP contribution in [0.5, 0.6) is 0 Å². The first-order valence-corrected chi connectivity index (χ1v) is 2.23. The zero-order valence-electron chi connectivity index (χ0n) is 4.31. The molecule has 0 aromatic rings. The van der Waals surface area contributed by atoms with Crippen LogP contribution in [0.3, 0.4) is 0 Å². The topological polar surface area (TPSA) is 14.1 Å². The Bertz CT molecular complexity index is 56.6. The molecule has 0 bridgehead atoms. The van der Waals surface area contributed by atoms with Crippen LogP contribution in [0.2, 0.25) is 0 Å². The molecule has 2 heteroatoms. The van der Waals surface area contributed by atoms with Crippen molar-refractivity contribution in [2.24, 2.45) is 0 Å². The molecule has 0 aromatic heterocycles. The van der Waals surface area contributed by atoms with Crippen LogP contribution in [-0.2, 0) is 0 Å². The Balaban J connectivity index is 2.28. The van der Waals surface area contributed by atoms with Crippen molar-refractivity contribution in [1.82, 2.24) is 0 Å². The summed E-state index contributed by atoms with van der Waals surface area (Å²) in [4.78, 5) is 0. The molecular formula is C4H10N2. The van der Waals surface area contributed by atoms with E-state index in [2.05, 4.69) is 12.5 Å². The molecule has 0 aromatic carbocycles. The predicted molar refractivity (Wildman–Crippen MR) is 25.2 cm³/mol. The summed E-state index contributed by atoms with van der Waals surface area (Å²) in [5.74, 6) is 0. The highest BCUT2D eigenvalue weighted by atomic mass is 15.7. The third kappa shape index (κ3) is 0.533. The fourth-order valence-corrected chi connectivity index (χ4v) is 0.345. The third-order valence-corrected chi connectivity index (χ3v) is 1.35. The molecule has 0 unspecified atom stereocenters. The quantitative estimate of drug-likeness (QED) is 0.323. The molecule has 1 aliphatic rings. The molecular weight excluding hydrogens is 76.1 g/mol. The SMILES string of the molecule is C[N-][N+]1(C)CC1. The van der Waals surface area contributed by atoms with Crippen molar-refractivity contribution in [3.63, 3.8) is 0 Å². The lowest BCUT2D eigenvalue weighted by Gasteiger charge is -2.21. The van der Waals surface area contributed by atoms with E-state index in [0.29, 0.717) is 0 Å². The van der Waals surface area contributed by atoms with Crippen molar-refractivity contribution in [3.05, 3.63) is 5.43 Å². The van der Waals surface area contributed by atoms with Crippen LogP contribution in [-0.4, -0.2) is 31.8 Å². The molecule has 0 radical (unpaired) electrons. The molecule has 0 N–H and O–H groups in total. The molecule has 0 atom stereocenters. The summed E-state index contributed by atoms with van der Waals surface area (Å²) in [5, 5.41) is 0. The second kappa shape index (κ2) is 0.950. The van der Waals surface area contributed by atoms with Crippen LogP contribution < -0.4 is 0 Å². The second-order valence-electron chi connectivity index (χ2n) is 1.99. The minimum Gasteiger partial charge on any atom is -0.456 e. The first-order chi connectivity index (χ1) is 2.77. The minimum absolute atomic E-state index is 0.944. The van der Waals surface area contributed by atoms with Crippen LogP contribution >= 0.6 is 0 Å². The van der Waals surface area contributed by atoms with Gasteiger partial charge in [-0.15, -0.1) is 7.05 Å². The van der Waals surface area contributed by atoms with E-state index < -0.39 is 0 Å². The average molecular weight is 86.1 g/mol. The fourth-order valence-electron chi connectivity index (χ4n) is 0.345. The van der Waals surface area contributed by atoms with E-state index in [1.165, 1.54) is 13.1 Å². The standard InChI is InChI=1S/C4H10N2/c1-5-6(2)3-4-6/h3-4H2,1-2H3. The summed E-state index contributed by atoms with van der Waals surface area (Å²) in [6.45, 7) is 2.49. The third-order valence-electron chi connectivity index (χ3n) is 1.35. The van der Waals surface area contributed by atoms with Crippen molar-refractivity contribution in [3.8, 4) is 0 Å².